The Bertz CT molecular complexity index is 1470. The molecule has 5 rings (SSSR count). The maximum absolute atomic E-state index is 12.5. The van der Waals surface area contributed by atoms with E-state index >= 15 is 0 Å². The molecule has 0 aliphatic carbocycles. The van der Waals surface area contributed by atoms with E-state index in [0.29, 0.717) is 22.3 Å². The van der Waals surface area contributed by atoms with Gasteiger partial charge < -0.3 is 15.1 Å². The number of aromatic nitrogens is 2. The Balaban J connectivity index is 1.14. The van der Waals surface area contributed by atoms with Crippen LogP contribution in [0.25, 0.3) is 20.8 Å². The second kappa shape index (κ2) is 10.1. The fourth-order valence-electron chi connectivity index (χ4n) is 3.39. The van der Waals surface area contributed by atoms with Gasteiger partial charge in [-0.1, -0.05) is 6.07 Å². The van der Waals surface area contributed by atoms with Gasteiger partial charge in [-0.25, -0.2) is 14.8 Å². The molecule has 0 fully saturated rings. The summed E-state index contributed by atoms with van der Waals surface area (Å²) in [5.74, 6) is 0.465. The molecule has 10 heteroatoms. The Labute approximate surface area is 209 Å². The Morgan fingerprint density at radius 1 is 1.03 bits per heavy atom. The van der Waals surface area contributed by atoms with Crippen molar-refractivity contribution >= 4 is 55.6 Å². The van der Waals surface area contributed by atoms with Gasteiger partial charge in [0.2, 0.25) is 5.91 Å². The maximum Gasteiger partial charge on any atom is 0.321 e. The number of anilines is 2. The fourth-order valence-corrected chi connectivity index (χ4v) is 5.16. The van der Waals surface area contributed by atoms with Crippen molar-refractivity contribution in [3.63, 3.8) is 0 Å². The lowest BCUT2D eigenvalue weighted by Crippen LogP contribution is -2.28. The summed E-state index contributed by atoms with van der Waals surface area (Å²) in [6, 6.07) is 17.0. The molecule has 0 saturated heterocycles. The van der Waals surface area contributed by atoms with E-state index in [1.165, 1.54) is 16.9 Å². The first-order valence-electron chi connectivity index (χ1n) is 10.8. The van der Waals surface area contributed by atoms with Gasteiger partial charge >= 0.3 is 6.03 Å². The maximum atomic E-state index is 12.5. The predicted molar refractivity (Wildman–Crippen MR) is 139 cm³/mol. The third-order valence-electron chi connectivity index (χ3n) is 5.08. The molecular weight excluding hydrogens is 482 g/mol. The number of carbonyl (C=O) groups is 2. The molecule has 0 radical (unpaired) electrons. The normalized spacial score (nSPS) is 10.9. The molecule has 176 valence electrons. The number of rotatable bonds is 7. The van der Waals surface area contributed by atoms with Crippen LogP contribution >= 0.6 is 22.7 Å². The van der Waals surface area contributed by atoms with E-state index in [4.69, 9.17) is 9.40 Å². The number of aryl methyl sites for hydroxylation is 1. The van der Waals surface area contributed by atoms with E-state index in [1.807, 2.05) is 30.3 Å². The van der Waals surface area contributed by atoms with E-state index in [1.54, 1.807) is 35.1 Å². The molecule has 3 N–H and O–H groups in total. The second-order valence-corrected chi connectivity index (χ2v) is 9.71. The van der Waals surface area contributed by atoms with Crippen LogP contribution in [0, 0.1) is 6.92 Å². The largest absolute Gasteiger partial charge is 0.467 e. The highest BCUT2D eigenvalue weighted by atomic mass is 32.1. The van der Waals surface area contributed by atoms with Crippen LogP contribution < -0.4 is 16.0 Å². The van der Waals surface area contributed by atoms with Gasteiger partial charge in [0.25, 0.3) is 0 Å². The van der Waals surface area contributed by atoms with Crippen LogP contribution in [0.2, 0.25) is 0 Å². The number of nitrogens with one attached hydrogen (secondary N) is 3. The van der Waals surface area contributed by atoms with Crippen LogP contribution in [0.15, 0.2) is 70.7 Å². The molecule has 0 aliphatic heterocycles. The lowest BCUT2D eigenvalue weighted by molar-refractivity contribution is -0.115. The monoisotopic (exact) mass is 503 g/mol. The van der Waals surface area contributed by atoms with Gasteiger partial charge in [0.05, 0.1) is 35.1 Å². The molecule has 2 aromatic carbocycles. The van der Waals surface area contributed by atoms with E-state index in [2.05, 4.69) is 40.0 Å². The van der Waals surface area contributed by atoms with Gasteiger partial charge in [-0.3, -0.25) is 10.1 Å². The average Bonchev–Trinajstić information content (AvgIpc) is 3.59. The summed E-state index contributed by atoms with van der Waals surface area (Å²) in [4.78, 5) is 33.5. The summed E-state index contributed by atoms with van der Waals surface area (Å²) < 4.78 is 6.33. The topological polar surface area (TPSA) is 109 Å². The van der Waals surface area contributed by atoms with Gasteiger partial charge in [0.15, 0.2) is 5.13 Å². The van der Waals surface area contributed by atoms with Crippen molar-refractivity contribution in [2.75, 3.05) is 10.6 Å². The number of hydrogen-bond acceptors (Lipinski definition) is 7. The molecule has 0 atom stereocenters. The zero-order valence-corrected chi connectivity index (χ0v) is 20.3. The predicted octanol–water partition coefficient (Wildman–Crippen LogP) is 5.82. The Kier molecular flexibility index (Phi) is 6.55. The molecule has 0 aliphatic rings. The molecule has 3 amide bonds. The Morgan fingerprint density at radius 3 is 2.69 bits per heavy atom. The van der Waals surface area contributed by atoms with Crippen molar-refractivity contribution in [3.8, 4) is 10.6 Å². The third kappa shape index (κ3) is 5.73. The highest BCUT2D eigenvalue weighted by molar-refractivity contribution is 7.21. The van der Waals surface area contributed by atoms with E-state index in [0.717, 1.165) is 20.8 Å². The summed E-state index contributed by atoms with van der Waals surface area (Å²) in [6.07, 6.45) is 1.65. The molecule has 0 spiro atoms. The lowest BCUT2D eigenvalue weighted by atomic mass is 10.2. The van der Waals surface area contributed by atoms with Crippen LogP contribution in [0.4, 0.5) is 15.6 Å². The van der Waals surface area contributed by atoms with Crippen molar-refractivity contribution in [2.45, 2.75) is 19.9 Å². The lowest BCUT2D eigenvalue weighted by Gasteiger charge is -2.05. The van der Waals surface area contributed by atoms with Crippen LogP contribution in [-0.4, -0.2) is 21.9 Å². The Morgan fingerprint density at radius 2 is 1.89 bits per heavy atom. The summed E-state index contributed by atoms with van der Waals surface area (Å²) in [5.41, 5.74) is 4.47. The average molecular weight is 504 g/mol. The van der Waals surface area contributed by atoms with Crippen LogP contribution in [0.3, 0.4) is 0 Å². The number of hydrogen-bond donors (Lipinski definition) is 3. The minimum Gasteiger partial charge on any atom is -0.467 e. The molecule has 0 bridgehead atoms. The Hall–Kier alpha value is -4.02. The first-order valence-corrected chi connectivity index (χ1v) is 12.5. The number of carbonyl (C=O) groups excluding carboxylic acids is 2. The molecule has 8 nitrogen and oxygen atoms in total. The molecule has 0 unspecified atom stereocenters. The quantitative estimate of drug-likeness (QED) is 0.259. The number of fused-ring (bicyclic) bond motifs is 1. The van der Waals surface area contributed by atoms with Crippen molar-refractivity contribution in [1.29, 1.82) is 0 Å². The molecule has 5 aromatic rings. The number of thiazole rings is 2. The number of furan rings is 1. The zero-order chi connectivity index (χ0) is 24.2. The van der Waals surface area contributed by atoms with E-state index in [9.17, 15) is 9.59 Å². The molecule has 0 saturated carbocycles. The van der Waals surface area contributed by atoms with E-state index in [-0.39, 0.29) is 18.9 Å². The highest BCUT2D eigenvalue weighted by Gasteiger charge is 2.11. The SMILES string of the molecule is Cc1ccc2nc(-c3ccc(NC(=O)Cc4csc(NC(=O)NCc5ccco5)n4)cc3)sc2c1. The minimum absolute atomic E-state index is 0.102. The van der Waals surface area contributed by atoms with Gasteiger partial charge in [0, 0.05) is 16.6 Å². The summed E-state index contributed by atoms with van der Waals surface area (Å²) in [7, 11) is 0. The number of nitrogens with zero attached hydrogens (tertiary/aromatic N) is 2. The third-order valence-corrected chi connectivity index (χ3v) is 6.95. The van der Waals surface area contributed by atoms with Crippen molar-refractivity contribution in [2.24, 2.45) is 0 Å². The number of urea groups is 1. The summed E-state index contributed by atoms with van der Waals surface area (Å²) in [5, 5.41) is 11.3. The standard InChI is InChI=1S/C25H21N5O3S2/c1-15-4-9-20-21(11-15)35-23(29-20)16-5-7-17(8-6-16)27-22(31)12-18-14-34-25(28-18)30-24(32)26-13-19-3-2-10-33-19/h2-11,14H,12-13H2,1H3,(H,27,31)(H2,26,28,30,32). The molecule has 3 heterocycles. The zero-order valence-electron chi connectivity index (χ0n) is 18.7. The van der Waals surface area contributed by atoms with Crippen LogP contribution in [-0.2, 0) is 17.8 Å². The molecular formula is C25H21N5O3S2. The van der Waals surface area contributed by atoms with Crippen LogP contribution in [0.5, 0.6) is 0 Å². The van der Waals surface area contributed by atoms with E-state index < -0.39 is 6.03 Å². The van der Waals surface area contributed by atoms with Crippen molar-refractivity contribution in [3.05, 3.63) is 83.3 Å². The smallest absolute Gasteiger partial charge is 0.321 e. The van der Waals surface area contributed by atoms with Crippen molar-refractivity contribution in [1.82, 2.24) is 15.3 Å². The first kappa shape index (κ1) is 22.8. The van der Waals surface area contributed by atoms with Crippen LogP contribution in [0.1, 0.15) is 17.0 Å². The highest BCUT2D eigenvalue weighted by Crippen LogP contribution is 2.31. The fraction of sp³-hybridized carbons (Fsp3) is 0.120. The molecule has 3 aromatic heterocycles. The summed E-state index contributed by atoms with van der Waals surface area (Å²) in [6.45, 7) is 2.34. The molecule has 35 heavy (non-hydrogen) atoms. The first-order chi connectivity index (χ1) is 17.0. The van der Waals surface area contributed by atoms with Gasteiger partial charge in [-0.2, -0.15) is 0 Å². The van der Waals surface area contributed by atoms with Gasteiger partial charge in [0.1, 0.15) is 10.8 Å². The van der Waals surface area contributed by atoms with Gasteiger partial charge in [-0.05, 0) is 61.0 Å². The minimum atomic E-state index is -0.393. The second-order valence-electron chi connectivity index (χ2n) is 7.82. The van der Waals surface area contributed by atoms with Crippen molar-refractivity contribution < 1.29 is 14.0 Å². The summed E-state index contributed by atoms with van der Waals surface area (Å²) >= 11 is 2.91. The van der Waals surface area contributed by atoms with Gasteiger partial charge in [-0.15, -0.1) is 22.7 Å². The number of amides is 3. The number of benzene rings is 2.